The summed E-state index contributed by atoms with van der Waals surface area (Å²) in [6, 6.07) is 10.0. The molecule has 0 radical (unpaired) electrons. The first kappa shape index (κ1) is 21.6. The van der Waals surface area contributed by atoms with Crippen molar-refractivity contribution in [2.75, 3.05) is 29.9 Å². The van der Waals surface area contributed by atoms with Crippen molar-refractivity contribution in [3.63, 3.8) is 0 Å². The highest BCUT2D eigenvalue weighted by Gasteiger charge is 2.30. The highest BCUT2D eigenvalue weighted by atomic mass is 16.2. The van der Waals surface area contributed by atoms with Crippen molar-refractivity contribution in [1.29, 1.82) is 0 Å². The minimum Gasteiger partial charge on any atom is -0.380 e. The van der Waals surface area contributed by atoms with Gasteiger partial charge in [0.2, 0.25) is 5.91 Å². The number of anilines is 2. The highest BCUT2D eigenvalue weighted by Crippen LogP contribution is 2.31. The van der Waals surface area contributed by atoms with Gasteiger partial charge in [-0.15, -0.1) is 0 Å². The zero-order valence-electron chi connectivity index (χ0n) is 18.4. The number of carbonyl (C=O) groups is 1. The number of carbonyl (C=O) groups excluding carboxylic acids is 1. The van der Waals surface area contributed by atoms with Gasteiger partial charge in [0.25, 0.3) is 10.9 Å². The fraction of sp³-hybridized carbons (Fsp3) is 0.560. The SMILES string of the molecule is C[C@@H](NC(=O)C1CCC(CNc2c(N3CCCCC3)c(=O)c2=O)CC1)c1ccccc1. The lowest BCUT2D eigenvalue weighted by molar-refractivity contribution is -0.126. The molecule has 0 unspecified atom stereocenters. The number of nitrogens with one attached hydrogen (secondary N) is 2. The standard InChI is InChI=1S/C25H33N3O3/c1-17(19-8-4-2-5-9-19)27-25(31)20-12-10-18(11-13-20)16-26-21-22(24(30)23(21)29)28-14-6-3-7-15-28/h2,4-5,8-9,17-18,20,26H,3,6-7,10-16H2,1H3,(H,27,31)/t17-,18?,20?/m1/s1. The summed E-state index contributed by atoms with van der Waals surface area (Å²) in [5.74, 6) is 0.615. The zero-order valence-corrected chi connectivity index (χ0v) is 18.4. The quantitative estimate of drug-likeness (QED) is 0.668. The maximum atomic E-state index is 12.7. The summed E-state index contributed by atoms with van der Waals surface area (Å²) < 4.78 is 0. The minimum absolute atomic E-state index is 0.00963. The molecular formula is C25H33N3O3. The molecule has 2 fully saturated rings. The molecule has 0 aromatic heterocycles. The van der Waals surface area contributed by atoms with Crippen molar-refractivity contribution in [1.82, 2.24) is 5.32 Å². The van der Waals surface area contributed by atoms with Gasteiger partial charge in [-0.25, -0.2) is 0 Å². The Bertz CT molecular complexity index is 950. The Morgan fingerprint density at radius 3 is 2.35 bits per heavy atom. The largest absolute Gasteiger partial charge is 0.380 e. The fourth-order valence-corrected chi connectivity index (χ4v) is 4.99. The summed E-state index contributed by atoms with van der Waals surface area (Å²) in [5, 5.41) is 6.43. The number of amides is 1. The van der Waals surface area contributed by atoms with E-state index < -0.39 is 0 Å². The summed E-state index contributed by atoms with van der Waals surface area (Å²) in [6.45, 7) is 4.44. The minimum atomic E-state index is -0.372. The van der Waals surface area contributed by atoms with E-state index in [2.05, 4.69) is 15.5 Å². The van der Waals surface area contributed by atoms with E-state index in [0.717, 1.165) is 57.2 Å². The molecule has 4 rings (SSSR count). The molecule has 166 valence electrons. The smallest absolute Gasteiger partial charge is 0.253 e. The van der Waals surface area contributed by atoms with E-state index in [4.69, 9.17) is 0 Å². The van der Waals surface area contributed by atoms with Gasteiger partial charge in [0.15, 0.2) is 0 Å². The molecule has 2 aromatic rings. The van der Waals surface area contributed by atoms with Crippen LogP contribution in [-0.2, 0) is 4.79 Å². The van der Waals surface area contributed by atoms with Crippen molar-refractivity contribution >= 4 is 17.3 Å². The summed E-state index contributed by atoms with van der Waals surface area (Å²) in [7, 11) is 0. The first-order valence-electron chi connectivity index (χ1n) is 11.7. The molecule has 6 heteroatoms. The Morgan fingerprint density at radius 2 is 1.68 bits per heavy atom. The van der Waals surface area contributed by atoms with Gasteiger partial charge in [-0.3, -0.25) is 14.4 Å². The summed E-state index contributed by atoms with van der Waals surface area (Å²) in [4.78, 5) is 39.0. The molecule has 6 nitrogen and oxygen atoms in total. The van der Waals surface area contributed by atoms with Gasteiger partial charge in [0.1, 0.15) is 11.4 Å². The van der Waals surface area contributed by atoms with Crippen molar-refractivity contribution in [3.8, 4) is 0 Å². The van der Waals surface area contributed by atoms with Crippen molar-refractivity contribution < 1.29 is 4.79 Å². The molecule has 0 bridgehead atoms. The van der Waals surface area contributed by atoms with E-state index in [1.807, 2.05) is 37.3 Å². The molecule has 1 amide bonds. The third-order valence-electron chi connectivity index (χ3n) is 7.00. The normalized spacial score (nSPS) is 22.8. The van der Waals surface area contributed by atoms with E-state index >= 15 is 0 Å². The third-order valence-corrected chi connectivity index (χ3v) is 7.00. The molecule has 2 aliphatic rings. The maximum Gasteiger partial charge on any atom is 0.253 e. The summed E-state index contributed by atoms with van der Waals surface area (Å²) >= 11 is 0. The molecule has 1 heterocycles. The Kier molecular flexibility index (Phi) is 6.73. The fourth-order valence-electron chi connectivity index (χ4n) is 4.99. The van der Waals surface area contributed by atoms with E-state index in [-0.39, 0.29) is 28.7 Å². The van der Waals surface area contributed by atoms with Gasteiger partial charge >= 0.3 is 0 Å². The van der Waals surface area contributed by atoms with Gasteiger partial charge in [-0.2, -0.15) is 0 Å². The number of rotatable bonds is 7. The number of hydrogen-bond acceptors (Lipinski definition) is 5. The molecule has 1 saturated heterocycles. The van der Waals surface area contributed by atoms with Gasteiger partial charge in [0.05, 0.1) is 6.04 Å². The van der Waals surface area contributed by atoms with Crippen LogP contribution in [0, 0.1) is 11.8 Å². The van der Waals surface area contributed by atoms with Crippen LogP contribution in [0.2, 0.25) is 0 Å². The lowest BCUT2D eigenvalue weighted by atomic mass is 9.81. The van der Waals surface area contributed by atoms with Gasteiger partial charge in [0, 0.05) is 25.6 Å². The second kappa shape index (κ2) is 9.67. The van der Waals surface area contributed by atoms with Crippen LogP contribution in [0.5, 0.6) is 0 Å². The Labute approximate surface area is 183 Å². The summed E-state index contributed by atoms with van der Waals surface area (Å²) in [5.41, 5.74) is 1.53. The van der Waals surface area contributed by atoms with E-state index in [1.54, 1.807) is 0 Å². The molecule has 1 aliphatic carbocycles. The van der Waals surface area contributed by atoms with Crippen LogP contribution in [0.25, 0.3) is 0 Å². The van der Waals surface area contributed by atoms with E-state index in [1.165, 1.54) is 6.42 Å². The molecule has 0 spiro atoms. The molecule has 1 saturated carbocycles. The number of nitrogens with zero attached hydrogens (tertiary/aromatic N) is 1. The number of benzene rings is 1. The second-order valence-electron chi connectivity index (χ2n) is 9.17. The first-order valence-corrected chi connectivity index (χ1v) is 11.7. The van der Waals surface area contributed by atoms with Crippen molar-refractivity contribution in [3.05, 3.63) is 56.3 Å². The molecule has 2 aromatic carbocycles. The second-order valence-corrected chi connectivity index (χ2v) is 9.17. The predicted octanol–water partition coefficient (Wildman–Crippen LogP) is 3.37. The van der Waals surface area contributed by atoms with Crippen molar-refractivity contribution in [2.24, 2.45) is 11.8 Å². The maximum absolute atomic E-state index is 12.7. The predicted molar refractivity (Wildman–Crippen MR) is 124 cm³/mol. The zero-order chi connectivity index (χ0) is 21.8. The molecule has 31 heavy (non-hydrogen) atoms. The monoisotopic (exact) mass is 423 g/mol. The topological polar surface area (TPSA) is 78.5 Å². The van der Waals surface area contributed by atoms with Gasteiger partial charge < -0.3 is 15.5 Å². The Hall–Kier alpha value is -2.63. The van der Waals surface area contributed by atoms with Crippen LogP contribution < -0.4 is 26.4 Å². The highest BCUT2D eigenvalue weighted by molar-refractivity contribution is 5.79. The average molecular weight is 424 g/mol. The van der Waals surface area contributed by atoms with E-state index in [0.29, 0.717) is 23.8 Å². The Balaban J connectivity index is 1.25. The van der Waals surface area contributed by atoms with Crippen LogP contribution in [0.15, 0.2) is 39.9 Å². The average Bonchev–Trinajstić information content (AvgIpc) is 2.82. The molecular weight excluding hydrogens is 390 g/mol. The van der Waals surface area contributed by atoms with E-state index in [9.17, 15) is 14.4 Å². The third kappa shape index (κ3) is 4.83. The summed E-state index contributed by atoms with van der Waals surface area (Å²) in [6.07, 6.45) is 6.99. The molecule has 1 atom stereocenters. The van der Waals surface area contributed by atoms with Crippen molar-refractivity contribution in [2.45, 2.75) is 57.9 Å². The van der Waals surface area contributed by atoms with Gasteiger partial charge in [-0.05, 0) is 63.4 Å². The van der Waals surface area contributed by atoms with Gasteiger partial charge in [-0.1, -0.05) is 30.3 Å². The lowest BCUT2D eigenvalue weighted by Crippen LogP contribution is -2.45. The number of hydrogen-bond donors (Lipinski definition) is 2. The van der Waals surface area contributed by atoms with Crippen LogP contribution in [-0.4, -0.2) is 25.5 Å². The molecule has 1 aliphatic heterocycles. The lowest BCUT2D eigenvalue weighted by Gasteiger charge is -2.32. The van der Waals surface area contributed by atoms with Crippen LogP contribution in [0.4, 0.5) is 11.4 Å². The number of piperidine rings is 1. The Morgan fingerprint density at radius 1 is 1.00 bits per heavy atom. The van der Waals surface area contributed by atoms with Crippen LogP contribution in [0.1, 0.15) is 63.5 Å². The van der Waals surface area contributed by atoms with Crippen LogP contribution in [0.3, 0.4) is 0 Å². The molecule has 2 N–H and O–H groups in total. The van der Waals surface area contributed by atoms with Crippen LogP contribution >= 0.6 is 0 Å². The first-order chi connectivity index (χ1) is 15.0.